The highest BCUT2D eigenvalue weighted by molar-refractivity contribution is 5.93. The summed E-state index contributed by atoms with van der Waals surface area (Å²) in [5.41, 5.74) is 1.73. The Morgan fingerprint density at radius 3 is 2.55 bits per heavy atom. The Labute approximate surface area is 119 Å². The third kappa shape index (κ3) is 3.83. The van der Waals surface area contributed by atoms with Crippen LogP contribution >= 0.6 is 0 Å². The van der Waals surface area contributed by atoms with Crippen LogP contribution in [0.3, 0.4) is 0 Å². The first-order chi connectivity index (χ1) is 9.56. The first-order valence-electron chi connectivity index (χ1n) is 7.20. The molecule has 1 aliphatic rings. The minimum absolute atomic E-state index is 0.0306. The molecule has 0 aliphatic heterocycles. The molecular formula is C16H21NO3. The van der Waals surface area contributed by atoms with Crippen LogP contribution in [-0.4, -0.2) is 17.0 Å². The first-order valence-corrected chi connectivity index (χ1v) is 7.20. The molecule has 1 fully saturated rings. The van der Waals surface area contributed by atoms with Crippen molar-refractivity contribution in [2.45, 2.75) is 45.4 Å². The van der Waals surface area contributed by atoms with Gasteiger partial charge in [0.25, 0.3) is 0 Å². The molecule has 2 rings (SSSR count). The Morgan fingerprint density at radius 1 is 1.25 bits per heavy atom. The molecule has 4 heteroatoms. The van der Waals surface area contributed by atoms with Crippen LogP contribution in [-0.2, 0) is 4.79 Å². The summed E-state index contributed by atoms with van der Waals surface area (Å²) >= 11 is 0. The molecule has 4 nitrogen and oxygen atoms in total. The maximum Gasteiger partial charge on any atom is 0.335 e. The third-order valence-corrected chi connectivity index (χ3v) is 3.95. The smallest absolute Gasteiger partial charge is 0.335 e. The molecule has 0 heterocycles. The van der Waals surface area contributed by atoms with Crippen LogP contribution in [0.25, 0.3) is 0 Å². The van der Waals surface area contributed by atoms with Gasteiger partial charge in [-0.25, -0.2) is 4.79 Å². The highest BCUT2D eigenvalue weighted by Crippen LogP contribution is 2.27. The first kappa shape index (κ1) is 14.6. The molecule has 20 heavy (non-hydrogen) atoms. The molecule has 1 saturated carbocycles. The molecule has 108 valence electrons. The summed E-state index contributed by atoms with van der Waals surface area (Å²) in [5.74, 6) is -0.418. The van der Waals surface area contributed by atoms with E-state index in [0.29, 0.717) is 18.0 Å². The van der Waals surface area contributed by atoms with Gasteiger partial charge in [-0.2, -0.15) is 0 Å². The minimum atomic E-state index is -0.951. The summed E-state index contributed by atoms with van der Waals surface area (Å²) in [5, 5.41) is 11.8. The van der Waals surface area contributed by atoms with Gasteiger partial charge in [-0.05, 0) is 49.4 Å². The Morgan fingerprint density at radius 2 is 1.95 bits per heavy atom. The van der Waals surface area contributed by atoms with Crippen molar-refractivity contribution in [1.29, 1.82) is 0 Å². The third-order valence-electron chi connectivity index (χ3n) is 3.95. The second-order valence-corrected chi connectivity index (χ2v) is 5.59. The second-order valence-electron chi connectivity index (χ2n) is 5.59. The van der Waals surface area contributed by atoms with E-state index >= 15 is 0 Å². The number of hydrogen-bond donors (Lipinski definition) is 2. The summed E-state index contributed by atoms with van der Waals surface area (Å²) < 4.78 is 0. The van der Waals surface area contributed by atoms with E-state index in [4.69, 9.17) is 5.11 Å². The zero-order valence-corrected chi connectivity index (χ0v) is 11.8. The molecule has 1 amide bonds. The average Bonchev–Trinajstić information content (AvgIpc) is 2.42. The van der Waals surface area contributed by atoms with Crippen molar-refractivity contribution in [2.75, 3.05) is 5.32 Å². The number of benzene rings is 1. The van der Waals surface area contributed by atoms with E-state index in [1.807, 2.05) is 6.92 Å². The van der Waals surface area contributed by atoms with Crippen LogP contribution in [0.1, 0.15) is 54.4 Å². The fourth-order valence-corrected chi connectivity index (χ4v) is 2.79. The Balaban J connectivity index is 1.95. The predicted molar refractivity (Wildman–Crippen MR) is 78.0 cm³/mol. The van der Waals surface area contributed by atoms with Crippen molar-refractivity contribution < 1.29 is 14.7 Å². The van der Waals surface area contributed by atoms with Crippen LogP contribution in [0.15, 0.2) is 18.2 Å². The topological polar surface area (TPSA) is 66.4 Å². The molecule has 0 radical (unpaired) electrons. The van der Waals surface area contributed by atoms with Gasteiger partial charge in [0, 0.05) is 12.1 Å². The predicted octanol–water partition coefficient (Wildman–Crippen LogP) is 3.60. The van der Waals surface area contributed by atoms with Crippen molar-refractivity contribution in [1.82, 2.24) is 0 Å². The van der Waals surface area contributed by atoms with Gasteiger partial charge in [-0.15, -0.1) is 0 Å². The zero-order chi connectivity index (χ0) is 14.5. The van der Waals surface area contributed by atoms with Crippen LogP contribution in [0.5, 0.6) is 0 Å². The van der Waals surface area contributed by atoms with E-state index in [1.54, 1.807) is 12.1 Å². The Bertz CT molecular complexity index is 504. The molecule has 2 N–H and O–H groups in total. The van der Waals surface area contributed by atoms with Gasteiger partial charge < -0.3 is 10.4 Å². The van der Waals surface area contributed by atoms with Gasteiger partial charge >= 0.3 is 5.97 Å². The number of anilines is 1. The van der Waals surface area contributed by atoms with E-state index < -0.39 is 5.97 Å². The molecule has 0 spiro atoms. The van der Waals surface area contributed by atoms with E-state index in [0.717, 1.165) is 18.4 Å². The number of amides is 1. The van der Waals surface area contributed by atoms with E-state index in [1.165, 1.54) is 25.3 Å². The number of carboxylic acid groups (broad SMARTS) is 1. The van der Waals surface area contributed by atoms with Crippen LogP contribution in [0, 0.1) is 12.8 Å². The number of rotatable bonds is 4. The van der Waals surface area contributed by atoms with Crippen molar-refractivity contribution in [3.05, 3.63) is 29.3 Å². The van der Waals surface area contributed by atoms with Gasteiger partial charge in [0.1, 0.15) is 0 Å². The maximum atomic E-state index is 12.0. The van der Waals surface area contributed by atoms with Crippen molar-refractivity contribution in [2.24, 2.45) is 5.92 Å². The molecule has 0 bridgehead atoms. The van der Waals surface area contributed by atoms with Crippen LogP contribution < -0.4 is 5.32 Å². The summed E-state index contributed by atoms with van der Waals surface area (Å²) in [6.45, 7) is 1.81. The molecule has 1 aromatic rings. The van der Waals surface area contributed by atoms with E-state index in [-0.39, 0.29) is 11.5 Å². The number of hydrogen-bond acceptors (Lipinski definition) is 2. The quantitative estimate of drug-likeness (QED) is 0.882. The van der Waals surface area contributed by atoms with E-state index in [9.17, 15) is 9.59 Å². The van der Waals surface area contributed by atoms with Crippen molar-refractivity contribution >= 4 is 17.6 Å². The SMILES string of the molecule is Cc1cc(C(=O)O)ccc1NC(=O)CC1CCCCC1. The van der Waals surface area contributed by atoms with Gasteiger partial charge in [0.2, 0.25) is 5.91 Å². The summed E-state index contributed by atoms with van der Waals surface area (Å²) in [4.78, 5) is 22.9. The lowest BCUT2D eigenvalue weighted by molar-refractivity contribution is -0.117. The zero-order valence-electron chi connectivity index (χ0n) is 11.8. The molecule has 0 atom stereocenters. The Kier molecular flexibility index (Phi) is 4.77. The molecule has 0 aromatic heterocycles. The number of aryl methyl sites for hydroxylation is 1. The average molecular weight is 275 g/mol. The maximum absolute atomic E-state index is 12.0. The number of nitrogens with one attached hydrogen (secondary N) is 1. The van der Waals surface area contributed by atoms with Crippen LogP contribution in [0.2, 0.25) is 0 Å². The molecular weight excluding hydrogens is 254 g/mol. The number of carbonyl (C=O) groups is 2. The second kappa shape index (κ2) is 6.55. The molecule has 0 unspecified atom stereocenters. The molecule has 1 aliphatic carbocycles. The molecule has 1 aromatic carbocycles. The summed E-state index contributed by atoms with van der Waals surface area (Å²) in [7, 11) is 0. The van der Waals surface area contributed by atoms with Crippen molar-refractivity contribution in [3.63, 3.8) is 0 Å². The van der Waals surface area contributed by atoms with Crippen molar-refractivity contribution in [3.8, 4) is 0 Å². The lowest BCUT2D eigenvalue weighted by Crippen LogP contribution is -2.18. The van der Waals surface area contributed by atoms with Gasteiger partial charge in [-0.3, -0.25) is 4.79 Å². The molecule has 0 saturated heterocycles. The van der Waals surface area contributed by atoms with Crippen LogP contribution in [0.4, 0.5) is 5.69 Å². The van der Waals surface area contributed by atoms with Gasteiger partial charge in [-0.1, -0.05) is 19.3 Å². The number of carbonyl (C=O) groups excluding carboxylic acids is 1. The summed E-state index contributed by atoms with van der Waals surface area (Å²) in [6, 6.07) is 4.77. The van der Waals surface area contributed by atoms with Gasteiger partial charge in [0.05, 0.1) is 5.56 Å². The minimum Gasteiger partial charge on any atom is -0.478 e. The monoisotopic (exact) mass is 275 g/mol. The Hall–Kier alpha value is -1.84. The van der Waals surface area contributed by atoms with E-state index in [2.05, 4.69) is 5.32 Å². The normalized spacial score (nSPS) is 15.8. The lowest BCUT2D eigenvalue weighted by atomic mass is 9.87. The lowest BCUT2D eigenvalue weighted by Gasteiger charge is -2.21. The van der Waals surface area contributed by atoms with Gasteiger partial charge in [0.15, 0.2) is 0 Å². The fourth-order valence-electron chi connectivity index (χ4n) is 2.79. The highest BCUT2D eigenvalue weighted by atomic mass is 16.4. The highest BCUT2D eigenvalue weighted by Gasteiger charge is 2.17. The number of aromatic carboxylic acids is 1. The number of carboxylic acids is 1. The largest absolute Gasteiger partial charge is 0.478 e. The standard InChI is InChI=1S/C16H21NO3/c1-11-9-13(16(19)20)7-8-14(11)17-15(18)10-12-5-3-2-4-6-12/h7-9,12H,2-6,10H2,1H3,(H,17,18)(H,19,20). The summed E-state index contributed by atoms with van der Waals surface area (Å²) in [6.07, 6.45) is 6.59. The fraction of sp³-hybridized carbons (Fsp3) is 0.500.